The van der Waals surface area contributed by atoms with Gasteiger partial charge in [0, 0.05) is 28.7 Å². The maximum Gasteiger partial charge on any atom is 0.335 e. The van der Waals surface area contributed by atoms with Crippen LogP contribution in [0.4, 0.5) is 11.4 Å². The number of amidine groups is 1. The van der Waals surface area contributed by atoms with E-state index in [1.807, 2.05) is 12.1 Å². The monoisotopic (exact) mass is 541 g/mol. The largest absolute Gasteiger partial charge is 0.478 e. The molecule has 3 aromatic rings. The lowest BCUT2D eigenvalue weighted by atomic mass is 10.1. The lowest BCUT2D eigenvalue weighted by molar-refractivity contribution is -0.129. The van der Waals surface area contributed by atoms with Crippen LogP contribution >= 0.6 is 35.0 Å². The number of nitrogens with one attached hydrogen (secondary N) is 1. The Bertz CT molecular complexity index is 1310. The van der Waals surface area contributed by atoms with E-state index in [4.69, 9.17) is 28.3 Å². The van der Waals surface area contributed by atoms with Crippen LogP contribution in [-0.2, 0) is 16.0 Å². The third-order valence-electron chi connectivity index (χ3n) is 5.40. The van der Waals surface area contributed by atoms with Crippen LogP contribution < -0.4 is 5.32 Å². The molecule has 2 N–H and O–H groups in total. The molecular formula is C26H21Cl2N3O4S. The Labute approximate surface area is 222 Å². The Morgan fingerprint density at radius 2 is 1.75 bits per heavy atom. The average molecular weight is 542 g/mol. The van der Waals surface area contributed by atoms with Gasteiger partial charge in [0.25, 0.3) is 0 Å². The SMILES string of the molecule is O=C(O)c1ccc(NC(=O)C2CC(=O)N(CCc3ccc(Cl)cc3)C(=Nc3cccc(Cl)c3)S2)cc1. The number of carbonyl (C=O) groups excluding carboxylic acids is 2. The predicted octanol–water partition coefficient (Wildman–Crippen LogP) is 5.89. The van der Waals surface area contributed by atoms with E-state index in [0.29, 0.717) is 39.6 Å². The highest BCUT2D eigenvalue weighted by Gasteiger charge is 2.35. The van der Waals surface area contributed by atoms with Crippen LogP contribution in [0.15, 0.2) is 77.8 Å². The Morgan fingerprint density at radius 3 is 2.42 bits per heavy atom. The van der Waals surface area contributed by atoms with Crippen LogP contribution in [0.3, 0.4) is 0 Å². The molecule has 1 aliphatic rings. The molecule has 0 radical (unpaired) electrons. The van der Waals surface area contributed by atoms with Crippen LogP contribution in [0, 0.1) is 0 Å². The molecule has 7 nitrogen and oxygen atoms in total. The maximum absolute atomic E-state index is 13.2. The predicted molar refractivity (Wildman–Crippen MR) is 143 cm³/mol. The number of carboxylic acids is 1. The molecular weight excluding hydrogens is 521 g/mol. The van der Waals surface area contributed by atoms with Crippen molar-refractivity contribution in [2.45, 2.75) is 18.1 Å². The fourth-order valence-corrected chi connectivity index (χ4v) is 4.96. The third-order valence-corrected chi connectivity index (χ3v) is 7.08. The minimum Gasteiger partial charge on any atom is -0.478 e. The number of nitrogens with zero attached hydrogens (tertiary/aromatic N) is 2. The second-order valence-electron chi connectivity index (χ2n) is 7.98. The van der Waals surface area contributed by atoms with E-state index in [0.717, 1.165) is 5.56 Å². The van der Waals surface area contributed by atoms with Gasteiger partial charge >= 0.3 is 5.97 Å². The molecule has 0 bridgehead atoms. The van der Waals surface area contributed by atoms with E-state index in [1.54, 1.807) is 41.3 Å². The molecule has 0 aromatic heterocycles. The first-order valence-electron chi connectivity index (χ1n) is 11.0. The lowest BCUT2D eigenvalue weighted by Gasteiger charge is -2.32. The molecule has 3 aromatic carbocycles. The van der Waals surface area contributed by atoms with Crippen molar-refractivity contribution in [2.24, 2.45) is 4.99 Å². The number of aromatic carboxylic acids is 1. The van der Waals surface area contributed by atoms with E-state index in [9.17, 15) is 14.4 Å². The van der Waals surface area contributed by atoms with Crippen LogP contribution in [0.5, 0.6) is 0 Å². The van der Waals surface area contributed by atoms with Crippen LogP contribution in [0.2, 0.25) is 10.0 Å². The number of aliphatic imine (C=N–C) groups is 1. The topological polar surface area (TPSA) is 99.1 Å². The summed E-state index contributed by atoms with van der Waals surface area (Å²) in [5, 5.41) is 12.7. The summed E-state index contributed by atoms with van der Waals surface area (Å²) >= 11 is 13.3. The Morgan fingerprint density at radius 1 is 1.03 bits per heavy atom. The van der Waals surface area contributed by atoms with Crippen LogP contribution in [0.1, 0.15) is 22.3 Å². The molecule has 2 amide bonds. The van der Waals surface area contributed by atoms with Crippen molar-refractivity contribution in [3.05, 3.63) is 94.0 Å². The Hall–Kier alpha value is -3.33. The maximum atomic E-state index is 13.2. The van der Waals surface area contributed by atoms with Crippen molar-refractivity contribution in [1.29, 1.82) is 0 Å². The van der Waals surface area contributed by atoms with Crippen LogP contribution in [0.25, 0.3) is 0 Å². The summed E-state index contributed by atoms with van der Waals surface area (Å²) in [6.07, 6.45) is 0.587. The van der Waals surface area contributed by atoms with Gasteiger partial charge in [-0.2, -0.15) is 0 Å². The summed E-state index contributed by atoms with van der Waals surface area (Å²) in [5.41, 5.74) is 2.14. The molecule has 36 heavy (non-hydrogen) atoms. The molecule has 1 aliphatic heterocycles. The number of benzene rings is 3. The number of thioether (sulfide) groups is 1. The number of hydrogen-bond acceptors (Lipinski definition) is 5. The Balaban J connectivity index is 1.53. The van der Waals surface area contributed by atoms with Gasteiger partial charge in [0.15, 0.2) is 5.17 Å². The highest BCUT2D eigenvalue weighted by Crippen LogP contribution is 2.31. The molecule has 0 spiro atoms. The number of rotatable bonds is 7. The van der Waals surface area contributed by atoms with E-state index in [2.05, 4.69) is 10.3 Å². The number of halogens is 2. The fraction of sp³-hybridized carbons (Fsp3) is 0.154. The minimum absolute atomic E-state index is 0.00110. The number of anilines is 1. The molecule has 10 heteroatoms. The molecule has 184 valence electrons. The molecule has 1 unspecified atom stereocenters. The van der Waals surface area contributed by atoms with Gasteiger partial charge in [-0.15, -0.1) is 0 Å². The summed E-state index contributed by atoms with van der Waals surface area (Å²) in [6.45, 7) is 0.387. The molecule has 1 saturated heterocycles. The molecule has 0 aliphatic carbocycles. The summed E-state index contributed by atoms with van der Waals surface area (Å²) < 4.78 is 0. The lowest BCUT2D eigenvalue weighted by Crippen LogP contribution is -2.46. The normalized spacial score (nSPS) is 16.7. The van der Waals surface area contributed by atoms with Gasteiger partial charge in [-0.05, 0) is 66.6 Å². The van der Waals surface area contributed by atoms with Crippen molar-refractivity contribution >= 4 is 69.3 Å². The van der Waals surface area contributed by atoms with Crippen molar-refractivity contribution in [3.8, 4) is 0 Å². The zero-order valence-electron chi connectivity index (χ0n) is 18.9. The molecule has 1 fully saturated rings. The molecule has 4 rings (SSSR count). The van der Waals surface area contributed by atoms with E-state index in [1.165, 1.54) is 36.0 Å². The number of amides is 2. The first-order valence-corrected chi connectivity index (χ1v) is 12.6. The van der Waals surface area contributed by atoms with Crippen molar-refractivity contribution < 1.29 is 19.5 Å². The first kappa shape index (κ1) is 25.8. The van der Waals surface area contributed by atoms with Gasteiger partial charge < -0.3 is 10.4 Å². The van der Waals surface area contributed by atoms with E-state index >= 15 is 0 Å². The summed E-state index contributed by atoms with van der Waals surface area (Å²) in [4.78, 5) is 43.4. The second-order valence-corrected chi connectivity index (χ2v) is 10.0. The summed E-state index contributed by atoms with van der Waals surface area (Å²) in [5.74, 6) is -1.64. The fourth-order valence-electron chi connectivity index (χ4n) is 3.53. The second kappa shape index (κ2) is 11.6. The molecule has 0 saturated carbocycles. The Kier molecular flexibility index (Phi) is 8.30. The zero-order valence-corrected chi connectivity index (χ0v) is 21.2. The van der Waals surface area contributed by atoms with Crippen LogP contribution in [-0.4, -0.2) is 44.8 Å². The molecule has 1 heterocycles. The van der Waals surface area contributed by atoms with Gasteiger partial charge in [0.2, 0.25) is 11.8 Å². The van der Waals surface area contributed by atoms with Gasteiger partial charge in [-0.1, -0.05) is 53.2 Å². The van der Waals surface area contributed by atoms with Crippen molar-refractivity contribution in [2.75, 3.05) is 11.9 Å². The minimum atomic E-state index is -1.05. The van der Waals surface area contributed by atoms with Crippen molar-refractivity contribution in [1.82, 2.24) is 4.90 Å². The van der Waals surface area contributed by atoms with Gasteiger partial charge in [-0.3, -0.25) is 14.5 Å². The number of carbonyl (C=O) groups is 3. The first-order chi connectivity index (χ1) is 17.3. The smallest absolute Gasteiger partial charge is 0.335 e. The van der Waals surface area contributed by atoms with Gasteiger partial charge in [0.1, 0.15) is 5.25 Å². The summed E-state index contributed by atoms with van der Waals surface area (Å²) in [7, 11) is 0. The quantitative estimate of drug-likeness (QED) is 0.388. The number of hydrogen-bond donors (Lipinski definition) is 2. The molecule has 1 atom stereocenters. The van der Waals surface area contributed by atoms with Gasteiger partial charge in [0.05, 0.1) is 11.3 Å². The highest BCUT2D eigenvalue weighted by atomic mass is 35.5. The summed E-state index contributed by atoms with van der Waals surface area (Å²) in [6, 6.07) is 20.2. The zero-order chi connectivity index (χ0) is 25.7. The highest BCUT2D eigenvalue weighted by molar-refractivity contribution is 8.15. The third kappa shape index (κ3) is 6.66. The van der Waals surface area contributed by atoms with Crippen molar-refractivity contribution in [3.63, 3.8) is 0 Å². The van der Waals surface area contributed by atoms with E-state index < -0.39 is 11.2 Å². The van der Waals surface area contributed by atoms with Gasteiger partial charge in [-0.25, -0.2) is 9.79 Å². The standard InChI is InChI=1S/C26H21Cl2N3O4S/c27-18-8-4-16(5-9-18)12-13-31-23(32)15-22(36-26(31)30-21-3-1-2-19(28)14-21)24(33)29-20-10-6-17(7-11-20)25(34)35/h1-11,14,22H,12-13,15H2,(H,29,33)(H,34,35). The van der Waals surface area contributed by atoms with E-state index in [-0.39, 0.29) is 23.8 Å². The average Bonchev–Trinajstić information content (AvgIpc) is 2.85. The number of carboxylic acid groups (broad SMARTS) is 1.